The van der Waals surface area contributed by atoms with E-state index in [4.69, 9.17) is 0 Å². The zero-order chi connectivity index (χ0) is 9.03. The minimum atomic E-state index is 0.607. The zero-order valence-electron chi connectivity index (χ0n) is 8.60. The Morgan fingerprint density at radius 2 is 1.83 bits per heavy atom. The number of hydrogen-bond donors (Lipinski definition) is 0. The van der Waals surface area contributed by atoms with E-state index in [1.165, 1.54) is 38.2 Å². The van der Waals surface area contributed by atoms with E-state index in [0.717, 1.165) is 0 Å². The van der Waals surface area contributed by atoms with Crippen LogP contribution in [0.25, 0.3) is 0 Å². The molecule has 0 aromatic rings. The third kappa shape index (κ3) is 3.36. The molecule has 72 valence electrons. The second-order valence-corrected chi connectivity index (χ2v) is 5.48. The summed E-state index contributed by atoms with van der Waals surface area (Å²) in [4.78, 5) is 2.60. The molecule has 2 heteroatoms. The molecule has 1 aliphatic rings. The highest BCUT2D eigenvalue weighted by atomic mass is 32.2. The van der Waals surface area contributed by atoms with E-state index >= 15 is 0 Å². The first-order valence-corrected chi connectivity index (χ1v) is 6.25. The van der Waals surface area contributed by atoms with Crippen LogP contribution in [0.1, 0.15) is 26.7 Å². The maximum absolute atomic E-state index is 2.60. The molecule has 0 aromatic heterocycles. The lowest BCUT2D eigenvalue weighted by molar-refractivity contribution is 0.139. The third-order valence-electron chi connectivity index (χ3n) is 2.82. The van der Waals surface area contributed by atoms with Gasteiger partial charge >= 0.3 is 0 Å². The fourth-order valence-electron chi connectivity index (χ4n) is 1.60. The molecule has 1 saturated heterocycles. The molecule has 0 aromatic carbocycles. The van der Waals surface area contributed by atoms with E-state index in [2.05, 4.69) is 25.0 Å². The summed E-state index contributed by atoms with van der Waals surface area (Å²) >= 11 is 1.95. The maximum atomic E-state index is 2.60. The fraction of sp³-hybridized carbons (Fsp3) is 1.00. The Kier molecular flexibility index (Phi) is 3.91. The van der Waals surface area contributed by atoms with Gasteiger partial charge in [-0.2, -0.15) is 11.8 Å². The Morgan fingerprint density at radius 3 is 2.33 bits per heavy atom. The van der Waals surface area contributed by atoms with Crippen LogP contribution >= 0.6 is 11.8 Å². The van der Waals surface area contributed by atoms with Crippen LogP contribution in [0.4, 0.5) is 0 Å². The monoisotopic (exact) mass is 187 g/mol. The second-order valence-electron chi connectivity index (χ2n) is 4.50. The van der Waals surface area contributed by atoms with E-state index in [1.54, 1.807) is 0 Å². The number of hydrogen-bond acceptors (Lipinski definition) is 2. The summed E-state index contributed by atoms with van der Waals surface area (Å²) in [5, 5.41) is 0. The van der Waals surface area contributed by atoms with Crippen molar-refractivity contribution in [1.29, 1.82) is 0 Å². The highest BCUT2D eigenvalue weighted by Gasteiger charge is 2.24. The van der Waals surface area contributed by atoms with Gasteiger partial charge in [0.2, 0.25) is 0 Å². The molecule has 1 fully saturated rings. The van der Waals surface area contributed by atoms with Crippen LogP contribution in [0.5, 0.6) is 0 Å². The van der Waals surface area contributed by atoms with Crippen molar-refractivity contribution in [3.05, 3.63) is 0 Å². The van der Waals surface area contributed by atoms with E-state index < -0.39 is 0 Å². The minimum Gasteiger partial charge on any atom is -0.302 e. The molecule has 1 rings (SSSR count). The Labute approximate surface area is 80.9 Å². The Hall–Kier alpha value is 0.310. The number of thioether (sulfide) groups is 1. The van der Waals surface area contributed by atoms with Crippen LogP contribution in [0, 0.1) is 5.41 Å². The average Bonchev–Trinajstić information content (AvgIpc) is 2.03. The number of nitrogens with zero attached hydrogens (tertiary/aromatic N) is 1. The molecule has 1 nitrogen and oxygen atoms in total. The van der Waals surface area contributed by atoms with Gasteiger partial charge in [0, 0.05) is 12.3 Å². The van der Waals surface area contributed by atoms with Gasteiger partial charge in [-0.05, 0) is 37.6 Å². The molecule has 0 unspecified atom stereocenters. The maximum Gasteiger partial charge on any atom is 0.00722 e. The van der Waals surface area contributed by atoms with Crippen LogP contribution in [0.15, 0.2) is 0 Å². The van der Waals surface area contributed by atoms with Gasteiger partial charge in [0.15, 0.2) is 0 Å². The van der Waals surface area contributed by atoms with Gasteiger partial charge in [0.1, 0.15) is 0 Å². The number of rotatable bonds is 3. The van der Waals surface area contributed by atoms with E-state index in [0.29, 0.717) is 5.41 Å². The van der Waals surface area contributed by atoms with E-state index in [9.17, 15) is 0 Å². The second kappa shape index (κ2) is 4.52. The third-order valence-corrected chi connectivity index (χ3v) is 3.41. The van der Waals surface area contributed by atoms with Crippen molar-refractivity contribution in [2.24, 2.45) is 5.41 Å². The lowest BCUT2D eigenvalue weighted by Crippen LogP contribution is -2.38. The van der Waals surface area contributed by atoms with Crippen molar-refractivity contribution in [2.75, 3.05) is 31.6 Å². The first-order chi connectivity index (χ1) is 5.64. The van der Waals surface area contributed by atoms with Crippen molar-refractivity contribution in [2.45, 2.75) is 26.7 Å². The summed E-state index contributed by atoms with van der Waals surface area (Å²) in [6, 6.07) is 0. The summed E-state index contributed by atoms with van der Waals surface area (Å²) in [5.41, 5.74) is 0.607. The average molecular weight is 187 g/mol. The zero-order valence-corrected chi connectivity index (χ0v) is 9.41. The van der Waals surface area contributed by atoms with Crippen LogP contribution in [0.3, 0.4) is 0 Å². The largest absolute Gasteiger partial charge is 0.302 e. The predicted octanol–water partition coefficient (Wildman–Crippen LogP) is 2.47. The smallest absolute Gasteiger partial charge is 0.00722 e. The topological polar surface area (TPSA) is 3.24 Å². The van der Waals surface area contributed by atoms with Gasteiger partial charge in [-0.3, -0.25) is 0 Å². The van der Waals surface area contributed by atoms with Gasteiger partial charge in [-0.25, -0.2) is 0 Å². The summed E-state index contributed by atoms with van der Waals surface area (Å²) in [6.07, 6.45) is 4.94. The lowest BCUT2D eigenvalue weighted by Gasteiger charge is -2.36. The standard InChI is InChI=1S/C10H21NS/c1-10(2)4-6-11(7-5-10)8-9-12-3/h4-9H2,1-3H3. The number of likely N-dealkylation sites (tertiary alicyclic amines) is 1. The van der Waals surface area contributed by atoms with E-state index in [1.807, 2.05) is 11.8 Å². The molecule has 0 spiro atoms. The van der Waals surface area contributed by atoms with Crippen LogP contribution in [-0.4, -0.2) is 36.5 Å². The van der Waals surface area contributed by atoms with Gasteiger partial charge in [-0.15, -0.1) is 0 Å². The summed E-state index contributed by atoms with van der Waals surface area (Å²) in [6.45, 7) is 8.69. The van der Waals surface area contributed by atoms with Crippen LogP contribution in [-0.2, 0) is 0 Å². The minimum absolute atomic E-state index is 0.607. The Bertz CT molecular complexity index is 124. The van der Waals surface area contributed by atoms with Gasteiger partial charge in [0.05, 0.1) is 0 Å². The fourth-order valence-corrected chi connectivity index (χ4v) is 2.04. The molecular formula is C10H21NS. The first kappa shape index (κ1) is 10.4. The molecule has 1 heterocycles. The summed E-state index contributed by atoms with van der Waals surface area (Å²) in [7, 11) is 0. The van der Waals surface area contributed by atoms with Gasteiger partial charge in [-0.1, -0.05) is 13.8 Å². The highest BCUT2D eigenvalue weighted by molar-refractivity contribution is 7.98. The Balaban J connectivity index is 2.18. The molecule has 0 aliphatic carbocycles. The molecule has 1 aliphatic heterocycles. The van der Waals surface area contributed by atoms with Gasteiger partial charge in [0.25, 0.3) is 0 Å². The summed E-state index contributed by atoms with van der Waals surface area (Å²) < 4.78 is 0. The molecule has 12 heavy (non-hydrogen) atoms. The molecule has 0 N–H and O–H groups in total. The molecular weight excluding hydrogens is 166 g/mol. The number of piperidine rings is 1. The van der Waals surface area contributed by atoms with Crippen molar-refractivity contribution in [3.63, 3.8) is 0 Å². The molecule has 0 bridgehead atoms. The van der Waals surface area contributed by atoms with Crippen LogP contribution < -0.4 is 0 Å². The SMILES string of the molecule is CSCCN1CCC(C)(C)CC1. The molecule has 0 atom stereocenters. The Morgan fingerprint density at radius 1 is 1.25 bits per heavy atom. The first-order valence-electron chi connectivity index (χ1n) is 4.85. The van der Waals surface area contributed by atoms with Crippen molar-refractivity contribution < 1.29 is 0 Å². The van der Waals surface area contributed by atoms with Crippen molar-refractivity contribution in [1.82, 2.24) is 4.90 Å². The van der Waals surface area contributed by atoms with Crippen molar-refractivity contribution >= 4 is 11.8 Å². The normalized spacial score (nSPS) is 24.2. The van der Waals surface area contributed by atoms with Crippen molar-refractivity contribution in [3.8, 4) is 0 Å². The quantitative estimate of drug-likeness (QED) is 0.668. The molecule has 0 saturated carbocycles. The van der Waals surface area contributed by atoms with E-state index in [-0.39, 0.29) is 0 Å². The highest BCUT2D eigenvalue weighted by Crippen LogP contribution is 2.29. The van der Waals surface area contributed by atoms with Crippen LogP contribution in [0.2, 0.25) is 0 Å². The molecule has 0 radical (unpaired) electrons. The predicted molar refractivity (Wildman–Crippen MR) is 57.8 cm³/mol. The summed E-state index contributed by atoms with van der Waals surface area (Å²) in [5.74, 6) is 1.29. The van der Waals surface area contributed by atoms with Gasteiger partial charge < -0.3 is 4.90 Å². The lowest BCUT2D eigenvalue weighted by atomic mass is 9.83. The molecule has 0 amide bonds.